The molecular weight excluding hydrogens is 228 g/mol. The normalized spacial score (nSPS) is 10.1. The fraction of sp³-hybridized carbons (Fsp3) is 0.231. The zero-order valence-corrected chi connectivity index (χ0v) is 10.4. The Hall–Kier alpha value is -2.30. The second kappa shape index (κ2) is 5.35. The van der Waals surface area contributed by atoms with Crippen molar-refractivity contribution >= 4 is 17.3 Å². The quantitative estimate of drug-likeness (QED) is 0.772. The Morgan fingerprint density at radius 3 is 2.89 bits per heavy atom. The molecule has 0 unspecified atom stereocenters. The number of hydrogen-bond acceptors (Lipinski definition) is 3. The number of aromatic nitrogens is 2. The molecule has 5 nitrogen and oxygen atoms in total. The van der Waals surface area contributed by atoms with Crippen molar-refractivity contribution in [2.24, 2.45) is 0 Å². The van der Waals surface area contributed by atoms with Crippen molar-refractivity contribution in [2.45, 2.75) is 20.4 Å². The number of aromatic amines is 1. The first-order valence-corrected chi connectivity index (χ1v) is 5.75. The maximum atomic E-state index is 11.1. The largest absolute Gasteiger partial charge is 0.379 e. The number of rotatable bonds is 4. The number of H-pyrrole nitrogens is 1. The van der Waals surface area contributed by atoms with Crippen molar-refractivity contribution in [3.05, 3.63) is 41.7 Å². The molecule has 0 aliphatic heterocycles. The van der Waals surface area contributed by atoms with Crippen LogP contribution in [0.25, 0.3) is 0 Å². The van der Waals surface area contributed by atoms with Crippen molar-refractivity contribution in [3.63, 3.8) is 0 Å². The lowest BCUT2D eigenvalue weighted by Crippen LogP contribution is -2.08. The third-order valence-corrected chi connectivity index (χ3v) is 2.59. The molecule has 1 aromatic carbocycles. The summed E-state index contributed by atoms with van der Waals surface area (Å²) in [6.07, 6.45) is 1.72. The van der Waals surface area contributed by atoms with E-state index in [1.807, 2.05) is 31.2 Å². The highest BCUT2D eigenvalue weighted by molar-refractivity contribution is 5.90. The molecule has 18 heavy (non-hydrogen) atoms. The molecule has 0 spiro atoms. The standard InChI is InChI=1S/C13H16N4O/c1-9-3-4-11(7-13(9)16-10(2)18)14-8-12-5-6-15-17-12/h3-7,14H,8H2,1-2H3,(H,15,17)(H,16,18). The zero-order chi connectivity index (χ0) is 13.0. The number of hydrogen-bond donors (Lipinski definition) is 3. The number of anilines is 2. The molecule has 0 atom stereocenters. The van der Waals surface area contributed by atoms with Crippen LogP contribution in [-0.4, -0.2) is 16.1 Å². The van der Waals surface area contributed by atoms with Crippen molar-refractivity contribution in [1.82, 2.24) is 10.2 Å². The summed E-state index contributed by atoms with van der Waals surface area (Å²) in [5.74, 6) is -0.0659. The molecule has 1 aromatic heterocycles. The average molecular weight is 244 g/mol. The summed E-state index contributed by atoms with van der Waals surface area (Å²) >= 11 is 0. The Bertz CT molecular complexity index is 534. The van der Waals surface area contributed by atoms with Crippen molar-refractivity contribution in [1.29, 1.82) is 0 Å². The number of benzene rings is 1. The van der Waals surface area contributed by atoms with E-state index in [0.29, 0.717) is 6.54 Å². The van der Waals surface area contributed by atoms with E-state index in [9.17, 15) is 4.79 Å². The Kier molecular flexibility index (Phi) is 3.62. The highest BCUT2D eigenvalue weighted by Gasteiger charge is 2.02. The molecule has 0 aliphatic carbocycles. The fourth-order valence-corrected chi connectivity index (χ4v) is 1.64. The van der Waals surface area contributed by atoms with Gasteiger partial charge in [0.15, 0.2) is 0 Å². The van der Waals surface area contributed by atoms with Crippen LogP contribution in [0.2, 0.25) is 0 Å². The van der Waals surface area contributed by atoms with E-state index in [-0.39, 0.29) is 5.91 Å². The van der Waals surface area contributed by atoms with Gasteiger partial charge in [-0.2, -0.15) is 5.10 Å². The van der Waals surface area contributed by atoms with Crippen LogP contribution in [0.5, 0.6) is 0 Å². The van der Waals surface area contributed by atoms with Crippen molar-refractivity contribution < 1.29 is 4.79 Å². The van der Waals surface area contributed by atoms with Crippen LogP contribution in [0.1, 0.15) is 18.2 Å². The lowest BCUT2D eigenvalue weighted by atomic mass is 10.1. The molecule has 0 saturated heterocycles. The number of carbonyl (C=O) groups is 1. The van der Waals surface area contributed by atoms with Gasteiger partial charge in [-0.3, -0.25) is 9.89 Å². The highest BCUT2D eigenvalue weighted by Crippen LogP contribution is 2.20. The van der Waals surface area contributed by atoms with Gasteiger partial charge < -0.3 is 10.6 Å². The summed E-state index contributed by atoms with van der Waals surface area (Å²) in [5, 5.41) is 12.8. The maximum Gasteiger partial charge on any atom is 0.221 e. The lowest BCUT2D eigenvalue weighted by Gasteiger charge is -2.10. The topological polar surface area (TPSA) is 69.8 Å². The SMILES string of the molecule is CC(=O)Nc1cc(NCc2ccn[nH]2)ccc1C. The van der Waals surface area contributed by atoms with E-state index >= 15 is 0 Å². The van der Waals surface area contributed by atoms with Crippen LogP contribution in [-0.2, 0) is 11.3 Å². The third kappa shape index (κ3) is 3.10. The number of carbonyl (C=O) groups excluding carboxylic acids is 1. The molecule has 0 aliphatic rings. The van der Waals surface area contributed by atoms with E-state index in [1.54, 1.807) is 6.20 Å². The molecule has 94 valence electrons. The molecule has 0 fully saturated rings. The molecular formula is C13H16N4O. The molecule has 1 heterocycles. The molecule has 1 amide bonds. The molecule has 3 N–H and O–H groups in total. The highest BCUT2D eigenvalue weighted by atomic mass is 16.1. The third-order valence-electron chi connectivity index (χ3n) is 2.59. The van der Waals surface area contributed by atoms with E-state index < -0.39 is 0 Å². The zero-order valence-electron chi connectivity index (χ0n) is 10.4. The Morgan fingerprint density at radius 1 is 1.39 bits per heavy atom. The van der Waals surface area contributed by atoms with E-state index in [1.165, 1.54) is 6.92 Å². The van der Waals surface area contributed by atoms with Gasteiger partial charge >= 0.3 is 0 Å². The van der Waals surface area contributed by atoms with E-state index in [4.69, 9.17) is 0 Å². The minimum Gasteiger partial charge on any atom is -0.379 e. The summed E-state index contributed by atoms with van der Waals surface area (Å²) < 4.78 is 0. The van der Waals surface area contributed by atoms with Gasteiger partial charge in [-0.05, 0) is 30.7 Å². The van der Waals surface area contributed by atoms with Crippen LogP contribution < -0.4 is 10.6 Å². The Balaban J connectivity index is 2.06. The van der Waals surface area contributed by atoms with Gasteiger partial charge in [-0.1, -0.05) is 6.07 Å². The Labute approximate surface area is 106 Å². The molecule has 0 saturated carbocycles. The Morgan fingerprint density at radius 2 is 2.22 bits per heavy atom. The van der Waals surface area contributed by atoms with Gasteiger partial charge in [0.25, 0.3) is 0 Å². The number of nitrogens with one attached hydrogen (secondary N) is 3. The van der Waals surface area contributed by atoms with Gasteiger partial charge in [0.05, 0.1) is 12.2 Å². The van der Waals surface area contributed by atoms with Gasteiger partial charge in [0.2, 0.25) is 5.91 Å². The maximum absolute atomic E-state index is 11.1. The van der Waals surface area contributed by atoms with Gasteiger partial charge in [-0.15, -0.1) is 0 Å². The van der Waals surface area contributed by atoms with Crippen LogP contribution >= 0.6 is 0 Å². The lowest BCUT2D eigenvalue weighted by molar-refractivity contribution is -0.114. The second-order valence-corrected chi connectivity index (χ2v) is 4.15. The first-order valence-electron chi connectivity index (χ1n) is 5.75. The van der Waals surface area contributed by atoms with Crippen LogP contribution in [0.3, 0.4) is 0 Å². The molecule has 2 aromatic rings. The van der Waals surface area contributed by atoms with Crippen LogP contribution in [0.15, 0.2) is 30.5 Å². The summed E-state index contributed by atoms with van der Waals surface area (Å²) in [4.78, 5) is 11.1. The number of amides is 1. The summed E-state index contributed by atoms with van der Waals surface area (Å²) in [5.41, 5.74) is 3.84. The van der Waals surface area contributed by atoms with E-state index in [2.05, 4.69) is 20.8 Å². The minimum absolute atomic E-state index is 0.0659. The van der Waals surface area contributed by atoms with Crippen LogP contribution in [0, 0.1) is 6.92 Å². The first kappa shape index (κ1) is 12.2. The second-order valence-electron chi connectivity index (χ2n) is 4.15. The molecule has 5 heteroatoms. The molecule has 0 radical (unpaired) electrons. The van der Waals surface area contributed by atoms with Crippen LogP contribution in [0.4, 0.5) is 11.4 Å². The smallest absolute Gasteiger partial charge is 0.221 e. The van der Waals surface area contributed by atoms with Gasteiger partial charge in [-0.25, -0.2) is 0 Å². The fourth-order valence-electron chi connectivity index (χ4n) is 1.64. The summed E-state index contributed by atoms with van der Waals surface area (Å²) in [7, 11) is 0. The molecule has 2 rings (SSSR count). The van der Waals surface area contributed by atoms with Gasteiger partial charge in [0.1, 0.15) is 0 Å². The number of aryl methyl sites for hydroxylation is 1. The minimum atomic E-state index is -0.0659. The van der Waals surface area contributed by atoms with Gasteiger partial charge in [0, 0.05) is 24.5 Å². The predicted molar refractivity (Wildman–Crippen MR) is 71.4 cm³/mol. The summed E-state index contributed by atoms with van der Waals surface area (Å²) in [6.45, 7) is 4.14. The van der Waals surface area contributed by atoms with Crippen molar-refractivity contribution in [3.8, 4) is 0 Å². The number of nitrogens with zero attached hydrogens (tertiary/aromatic N) is 1. The van der Waals surface area contributed by atoms with E-state index in [0.717, 1.165) is 22.6 Å². The monoisotopic (exact) mass is 244 g/mol. The van der Waals surface area contributed by atoms with Crippen molar-refractivity contribution in [2.75, 3.05) is 10.6 Å². The average Bonchev–Trinajstić information content (AvgIpc) is 2.82. The first-order chi connectivity index (χ1) is 8.65. The predicted octanol–water partition coefficient (Wildman–Crippen LogP) is 2.29. The molecule has 0 bridgehead atoms. The summed E-state index contributed by atoms with van der Waals surface area (Å²) in [6, 6.07) is 7.79.